The summed E-state index contributed by atoms with van der Waals surface area (Å²) in [5.41, 5.74) is 2.65. The highest BCUT2D eigenvalue weighted by atomic mass is 16.6. The van der Waals surface area contributed by atoms with E-state index in [-0.39, 0.29) is 18.0 Å². The number of nitrogens with zero attached hydrogens (tertiary/aromatic N) is 5. The number of fused-ring (bicyclic) bond motifs is 1. The summed E-state index contributed by atoms with van der Waals surface area (Å²) < 4.78 is 19.2. The molecule has 1 fully saturated rings. The van der Waals surface area contributed by atoms with Crippen LogP contribution in [0.3, 0.4) is 0 Å². The van der Waals surface area contributed by atoms with Crippen LogP contribution in [-0.2, 0) is 11.3 Å². The van der Waals surface area contributed by atoms with Gasteiger partial charge in [-0.3, -0.25) is 4.79 Å². The predicted octanol–water partition coefficient (Wildman–Crippen LogP) is 7.47. The van der Waals surface area contributed by atoms with Crippen molar-refractivity contribution in [1.29, 1.82) is 0 Å². The Bertz CT molecular complexity index is 1970. The zero-order valence-corrected chi connectivity index (χ0v) is 29.3. The lowest BCUT2D eigenvalue weighted by Crippen LogP contribution is -2.36. The second-order valence-corrected chi connectivity index (χ2v) is 13.6. The van der Waals surface area contributed by atoms with Crippen LogP contribution in [0.25, 0.3) is 11.0 Å². The molecule has 12 nitrogen and oxygen atoms in total. The van der Waals surface area contributed by atoms with Crippen molar-refractivity contribution in [1.82, 2.24) is 24.6 Å². The molecule has 1 atom stereocenters. The quantitative estimate of drug-likeness (QED) is 0.154. The summed E-state index contributed by atoms with van der Waals surface area (Å²) in [6, 6.07) is 20.3. The van der Waals surface area contributed by atoms with Crippen molar-refractivity contribution in [3.05, 3.63) is 95.8 Å². The van der Waals surface area contributed by atoms with Crippen LogP contribution in [-0.4, -0.2) is 68.5 Å². The van der Waals surface area contributed by atoms with E-state index in [1.807, 2.05) is 61.9 Å². The highest BCUT2D eigenvalue weighted by Crippen LogP contribution is 2.35. The Labute approximate surface area is 291 Å². The fourth-order valence-corrected chi connectivity index (χ4v) is 5.70. The number of aromatic nitrogens is 4. The molecule has 3 aromatic heterocycles. The number of amides is 2. The van der Waals surface area contributed by atoms with Crippen molar-refractivity contribution in [3.63, 3.8) is 0 Å². The van der Waals surface area contributed by atoms with Crippen LogP contribution < -0.4 is 20.1 Å². The molecule has 2 N–H and O–H groups in total. The molecule has 12 heteroatoms. The monoisotopic (exact) mass is 677 g/mol. The first-order valence-electron chi connectivity index (χ1n) is 16.7. The number of rotatable bonds is 10. The van der Waals surface area contributed by atoms with Gasteiger partial charge in [0, 0.05) is 43.2 Å². The minimum absolute atomic E-state index is 0.0587. The summed E-state index contributed by atoms with van der Waals surface area (Å²) in [4.78, 5) is 36.5. The van der Waals surface area contributed by atoms with E-state index in [1.54, 1.807) is 54.7 Å². The number of pyridine rings is 2. The first-order valence-corrected chi connectivity index (χ1v) is 16.7. The molecule has 6 rings (SSSR count). The average molecular weight is 678 g/mol. The lowest BCUT2D eigenvalue weighted by atomic mass is 10.1. The van der Waals surface area contributed by atoms with E-state index in [0.29, 0.717) is 65.3 Å². The average Bonchev–Trinajstić information content (AvgIpc) is 3.70. The first-order chi connectivity index (χ1) is 24.0. The van der Waals surface area contributed by atoms with Gasteiger partial charge in [0.1, 0.15) is 34.1 Å². The number of hydrogen-bond donors (Lipinski definition) is 2. The van der Waals surface area contributed by atoms with E-state index >= 15 is 0 Å². The van der Waals surface area contributed by atoms with Crippen LogP contribution in [0, 0.1) is 0 Å². The Morgan fingerprint density at radius 2 is 1.68 bits per heavy atom. The molecule has 1 saturated heterocycles. The maximum Gasteiger partial charge on any atom is 0.410 e. The molecule has 0 aliphatic carbocycles. The molecule has 4 heterocycles. The second kappa shape index (κ2) is 14.5. The predicted molar refractivity (Wildman–Crippen MR) is 192 cm³/mol. The van der Waals surface area contributed by atoms with Crippen molar-refractivity contribution in [2.24, 2.45) is 0 Å². The maximum atomic E-state index is 13.0. The van der Waals surface area contributed by atoms with Gasteiger partial charge in [-0.1, -0.05) is 26.0 Å². The molecule has 1 aliphatic heterocycles. The zero-order chi connectivity index (χ0) is 35.4. The van der Waals surface area contributed by atoms with Gasteiger partial charge in [0.15, 0.2) is 11.5 Å². The molecule has 0 spiro atoms. The number of methoxy groups -OCH3 is 1. The Kier molecular flexibility index (Phi) is 9.89. The van der Waals surface area contributed by atoms with E-state index < -0.39 is 5.60 Å². The van der Waals surface area contributed by atoms with Crippen molar-refractivity contribution in [2.75, 3.05) is 30.8 Å². The summed E-state index contributed by atoms with van der Waals surface area (Å²) in [7, 11) is 1.64. The third-order valence-electron chi connectivity index (χ3n) is 8.30. The second-order valence-electron chi connectivity index (χ2n) is 13.6. The van der Waals surface area contributed by atoms with Crippen molar-refractivity contribution in [2.45, 2.75) is 65.1 Å². The Balaban J connectivity index is 1.24. The van der Waals surface area contributed by atoms with Gasteiger partial charge in [-0.25, -0.2) is 19.4 Å². The lowest BCUT2D eigenvalue weighted by Gasteiger charge is -2.24. The summed E-state index contributed by atoms with van der Waals surface area (Å²) in [5.74, 6) is 3.02. The molecule has 2 amide bonds. The van der Waals surface area contributed by atoms with Crippen molar-refractivity contribution < 1.29 is 23.8 Å². The van der Waals surface area contributed by atoms with Gasteiger partial charge in [-0.05, 0) is 92.8 Å². The van der Waals surface area contributed by atoms with Gasteiger partial charge in [0.2, 0.25) is 0 Å². The molecule has 0 radical (unpaired) electrons. The number of hydrogen-bond acceptors (Lipinski definition) is 9. The van der Waals surface area contributed by atoms with Crippen LogP contribution in [0.4, 0.5) is 16.4 Å². The van der Waals surface area contributed by atoms with Crippen LogP contribution in [0.5, 0.6) is 17.2 Å². The highest BCUT2D eigenvalue weighted by molar-refractivity contribution is 6.03. The molecule has 1 aliphatic rings. The number of carbonyl (C=O) groups is 2. The number of carbonyl (C=O) groups excluding carboxylic acids is 2. The van der Waals surface area contributed by atoms with E-state index in [2.05, 4.69) is 29.5 Å². The third kappa shape index (κ3) is 8.13. The molecule has 5 aromatic rings. The SMILES string of the molecule is COc1ccc(Cn2nc(N[C@H]3CCN(C(=O)OC(C)(C)C)C3)c3c(Oc4ccc(C(=O)Nc5cc(C(C)C)ccn5)cc4)ccnc32)cc1. The smallest absolute Gasteiger partial charge is 0.410 e. The number of anilines is 2. The minimum Gasteiger partial charge on any atom is -0.497 e. The van der Waals surface area contributed by atoms with E-state index in [0.717, 1.165) is 23.3 Å². The number of likely N-dealkylation sites (tertiary alicyclic amines) is 1. The normalized spacial score (nSPS) is 14.5. The van der Waals surface area contributed by atoms with Crippen LogP contribution >= 0.6 is 0 Å². The molecule has 50 heavy (non-hydrogen) atoms. The number of nitrogens with one attached hydrogen (secondary N) is 2. The maximum absolute atomic E-state index is 13.0. The first kappa shape index (κ1) is 34.2. The fourth-order valence-electron chi connectivity index (χ4n) is 5.70. The van der Waals surface area contributed by atoms with E-state index in [4.69, 9.17) is 24.3 Å². The van der Waals surface area contributed by atoms with Gasteiger partial charge >= 0.3 is 6.09 Å². The molecular formula is C38H43N7O5. The standard InChI is InChI=1S/C38H43N7O5/c1-24(2)27-15-18-39-32(21-27)42-36(46)26-9-13-30(14-10-26)49-31-16-19-40-35-33(31)34(43-45(35)22-25-7-11-29(48-6)12-8-25)41-28-17-20-44(23-28)37(47)50-38(3,4)5/h7-16,18-19,21,24,28H,17,20,22-23H2,1-6H3,(H,41,43)(H,39,42,46)/t28-/m0/s1. The number of benzene rings is 2. The minimum atomic E-state index is -0.574. The van der Waals surface area contributed by atoms with Gasteiger partial charge in [0.25, 0.3) is 5.91 Å². The summed E-state index contributed by atoms with van der Waals surface area (Å²) in [6.45, 7) is 11.3. The molecule has 0 saturated carbocycles. The molecule has 0 unspecified atom stereocenters. The Morgan fingerprint density at radius 1 is 0.960 bits per heavy atom. The Morgan fingerprint density at radius 3 is 2.38 bits per heavy atom. The highest BCUT2D eigenvalue weighted by Gasteiger charge is 2.31. The van der Waals surface area contributed by atoms with Gasteiger partial charge in [0.05, 0.1) is 13.7 Å². The van der Waals surface area contributed by atoms with Crippen LogP contribution in [0.1, 0.15) is 68.4 Å². The topological polar surface area (TPSA) is 133 Å². The molecular weight excluding hydrogens is 634 g/mol. The Hall–Kier alpha value is -5.65. The van der Waals surface area contributed by atoms with Crippen molar-refractivity contribution in [3.8, 4) is 17.2 Å². The third-order valence-corrected chi connectivity index (χ3v) is 8.30. The summed E-state index contributed by atoms with van der Waals surface area (Å²) >= 11 is 0. The van der Waals surface area contributed by atoms with E-state index in [1.165, 1.54) is 0 Å². The lowest BCUT2D eigenvalue weighted by molar-refractivity contribution is 0.0293. The summed E-state index contributed by atoms with van der Waals surface area (Å²) in [6.07, 6.45) is 3.78. The number of ether oxygens (including phenoxy) is 3. The fraction of sp³-hybridized carbons (Fsp3) is 0.342. The largest absolute Gasteiger partial charge is 0.497 e. The molecule has 2 aromatic carbocycles. The molecule has 0 bridgehead atoms. The van der Waals surface area contributed by atoms with Crippen LogP contribution in [0.15, 0.2) is 79.1 Å². The zero-order valence-electron chi connectivity index (χ0n) is 29.3. The summed E-state index contributed by atoms with van der Waals surface area (Å²) in [5, 5.41) is 12.1. The molecule has 260 valence electrons. The van der Waals surface area contributed by atoms with Gasteiger partial charge < -0.3 is 29.7 Å². The van der Waals surface area contributed by atoms with Gasteiger partial charge in [-0.2, -0.15) is 5.10 Å². The van der Waals surface area contributed by atoms with E-state index in [9.17, 15) is 9.59 Å². The van der Waals surface area contributed by atoms with Crippen LogP contribution in [0.2, 0.25) is 0 Å². The van der Waals surface area contributed by atoms with Crippen molar-refractivity contribution >= 4 is 34.7 Å². The van der Waals surface area contributed by atoms with Gasteiger partial charge in [-0.15, -0.1) is 0 Å².